The maximum absolute atomic E-state index is 13.1. The minimum absolute atomic E-state index is 0.148. The summed E-state index contributed by atoms with van der Waals surface area (Å²) < 4.78 is 5.61. The van der Waals surface area contributed by atoms with Gasteiger partial charge in [0.2, 0.25) is 0 Å². The maximum Gasteiger partial charge on any atom is 0.189 e. The molecule has 28 heavy (non-hydrogen) atoms. The van der Waals surface area contributed by atoms with Crippen LogP contribution in [0.15, 0.2) is 65.9 Å². The number of hydrogen-bond acceptors (Lipinski definition) is 3. The molecule has 1 aliphatic carbocycles. The predicted molar refractivity (Wildman–Crippen MR) is 114 cm³/mol. The number of aryl methyl sites for hydroxylation is 2. The van der Waals surface area contributed by atoms with E-state index in [-0.39, 0.29) is 11.7 Å². The number of benzene rings is 2. The molecular formula is C25H27NO2. The van der Waals surface area contributed by atoms with E-state index in [4.69, 9.17) is 4.74 Å². The summed E-state index contributed by atoms with van der Waals surface area (Å²) >= 11 is 0. The maximum atomic E-state index is 13.1. The molecular weight excluding hydrogens is 346 g/mol. The fourth-order valence-corrected chi connectivity index (χ4v) is 4.30. The van der Waals surface area contributed by atoms with Crippen LogP contribution in [0.5, 0.6) is 0 Å². The summed E-state index contributed by atoms with van der Waals surface area (Å²) in [5.74, 6) is 0.389. The Labute approximate surface area is 167 Å². The molecule has 0 aromatic heterocycles. The number of fused-ring (bicyclic) bond motifs is 3. The van der Waals surface area contributed by atoms with Crippen molar-refractivity contribution in [1.29, 1.82) is 0 Å². The Morgan fingerprint density at radius 1 is 1.14 bits per heavy atom. The van der Waals surface area contributed by atoms with Crippen LogP contribution in [0.3, 0.4) is 0 Å². The van der Waals surface area contributed by atoms with E-state index in [2.05, 4.69) is 36.1 Å². The quantitative estimate of drug-likeness (QED) is 0.506. The van der Waals surface area contributed by atoms with Crippen LogP contribution in [0.1, 0.15) is 46.3 Å². The largest absolute Gasteiger partial charge is 0.380 e. The number of anilines is 1. The van der Waals surface area contributed by atoms with Crippen molar-refractivity contribution in [2.75, 3.05) is 24.7 Å². The Morgan fingerprint density at radius 2 is 1.96 bits per heavy atom. The van der Waals surface area contributed by atoms with Crippen molar-refractivity contribution >= 4 is 11.5 Å². The summed E-state index contributed by atoms with van der Waals surface area (Å²) in [6.07, 6.45) is 4.91. The van der Waals surface area contributed by atoms with E-state index in [1.165, 1.54) is 22.5 Å². The number of rotatable bonds is 6. The van der Waals surface area contributed by atoms with Crippen LogP contribution < -0.4 is 4.90 Å². The minimum atomic E-state index is 0.148. The first-order valence-electron chi connectivity index (χ1n) is 10.1. The molecule has 0 radical (unpaired) electrons. The van der Waals surface area contributed by atoms with E-state index in [0.29, 0.717) is 6.61 Å². The Hall–Kier alpha value is -2.65. The van der Waals surface area contributed by atoms with Crippen molar-refractivity contribution in [1.82, 2.24) is 0 Å². The number of carbonyl (C=O) groups excluding carboxylic acids is 1. The van der Waals surface area contributed by atoms with Gasteiger partial charge in [0.05, 0.1) is 6.61 Å². The third-order valence-electron chi connectivity index (χ3n) is 5.74. The van der Waals surface area contributed by atoms with Crippen LogP contribution in [-0.2, 0) is 4.74 Å². The van der Waals surface area contributed by atoms with Gasteiger partial charge >= 0.3 is 0 Å². The molecule has 0 saturated carbocycles. The van der Waals surface area contributed by atoms with Crippen LogP contribution in [0, 0.1) is 13.8 Å². The second-order valence-corrected chi connectivity index (χ2v) is 7.60. The third-order valence-corrected chi connectivity index (χ3v) is 5.74. The Bertz CT molecular complexity index is 970. The van der Waals surface area contributed by atoms with Crippen molar-refractivity contribution in [3.8, 4) is 0 Å². The number of ether oxygens (including phenoxy) is 1. The fraction of sp³-hybridized carbons (Fsp3) is 0.320. The molecule has 1 aliphatic heterocycles. The van der Waals surface area contributed by atoms with E-state index >= 15 is 0 Å². The molecule has 0 amide bonds. The lowest BCUT2D eigenvalue weighted by Crippen LogP contribution is -2.26. The average molecular weight is 373 g/mol. The topological polar surface area (TPSA) is 29.5 Å². The molecule has 3 nitrogen and oxygen atoms in total. The van der Waals surface area contributed by atoms with Crippen molar-refractivity contribution < 1.29 is 9.53 Å². The highest BCUT2D eigenvalue weighted by molar-refractivity contribution is 6.10. The molecule has 3 heteroatoms. The average Bonchev–Trinajstić information content (AvgIpc) is 3.00. The number of carbonyl (C=O) groups is 1. The third kappa shape index (κ3) is 3.31. The Kier molecular flexibility index (Phi) is 5.19. The normalized spacial score (nSPS) is 17.7. The van der Waals surface area contributed by atoms with E-state index < -0.39 is 0 Å². The number of nitrogens with zero attached hydrogens (tertiary/aromatic N) is 1. The van der Waals surface area contributed by atoms with Gasteiger partial charge in [-0.25, -0.2) is 0 Å². The molecule has 0 bridgehead atoms. The van der Waals surface area contributed by atoms with Gasteiger partial charge in [0.1, 0.15) is 0 Å². The molecule has 0 fully saturated rings. The van der Waals surface area contributed by atoms with Crippen LogP contribution in [0.25, 0.3) is 0 Å². The van der Waals surface area contributed by atoms with Gasteiger partial charge in [-0.15, -0.1) is 0 Å². The highest BCUT2D eigenvalue weighted by atomic mass is 16.5. The second kappa shape index (κ2) is 7.76. The molecule has 2 aromatic carbocycles. The molecule has 0 spiro atoms. The SMILES string of the molecule is CCOCCN1C2=CC=C(C(=O)c3ccccc3C)CC2c2cc(C)ccc21. The lowest BCUT2D eigenvalue weighted by molar-refractivity contribution is 0.102. The van der Waals surface area contributed by atoms with Gasteiger partial charge in [0.25, 0.3) is 0 Å². The summed E-state index contributed by atoms with van der Waals surface area (Å²) in [7, 11) is 0. The molecule has 144 valence electrons. The highest BCUT2D eigenvalue weighted by Gasteiger charge is 2.36. The van der Waals surface area contributed by atoms with Gasteiger partial charge in [-0.1, -0.05) is 48.0 Å². The Balaban J connectivity index is 1.68. The smallest absolute Gasteiger partial charge is 0.189 e. The zero-order chi connectivity index (χ0) is 19.7. The van der Waals surface area contributed by atoms with E-state index in [9.17, 15) is 4.79 Å². The van der Waals surface area contributed by atoms with Crippen LogP contribution >= 0.6 is 0 Å². The molecule has 0 N–H and O–H groups in total. The highest BCUT2D eigenvalue weighted by Crippen LogP contribution is 2.48. The summed E-state index contributed by atoms with van der Waals surface area (Å²) in [4.78, 5) is 15.5. The van der Waals surface area contributed by atoms with Crippen molar-refractivity contribution in [2.24, 2.45) is 0 Å². The Morgan fingerprint density at radius 3 is 2.75 bits per heavy atom. The van der Waals surface area contributed by atoms with Crippen LogP contribution in [0.2, 0.25) is 0 Å². The summed E-state index contributed by atoms with van der Waals surface area (Å²) in [6, 6.07) is 14.5. The molecule has 4 rings (SSSR count). The molecule has 1 heterocycles. The first-order chi connectivity index (χ1) is 13.6. The van der Waals surface area contributed by atoms with E-state index in [1.807, 2.05) is 44.2 Å². The second-order valence-electron chi connectivity index (χ2n) is 7.60. The number of Topliss-reactive ketones (excluding diaryl/α,β-unsaturated/α-hetero) is 1. The van der Waals surface area contributed by atoms with E-state index in [0.717, 1.165) is 36.3 Å². The van der Waals surface area contributed by atoms with Crippen molar-refractivity contribution in [2.45, 2.75) is 33.1 Å². The fourth-order valence-electron chi connectivity index (χ4n) is 4.30. The van der Waals surface area contributed by atoms with Crippen molar-refractivity contribution in [3.05, 3.63) is 88.1 Å². The van der Waals surface area contributed by atoms with Gasteiger partial charge in [0, 0.05) is 41.6 Å². The van der Waals surface area contributed by atoms with Crippen molar-refractivity contribution in [3.63, 3.8) is 0 Å². The first kappa shape index (κ1) is 18.7. The number of ketones is 1. The lowest BCUT2D eigenvalue weighted by atomic mass is 9.84. The first-order valence-corrected chi connectivity index (χ1v) is 10.1. The van der Waals surface area contributed by atoms with Crippen LogP contribution in [-0.4, -0.2) is 25.5 Å². The molecule has 1 unspecified atom stereocenters. The molecule has 2 aliphatic rings. The zero-order valence-corrected chi connectivity index (χ0v) is 16.9. The molecule has 0 saturated heterocycles. The van der Waals surface area contributed by atoms with Gasteiger partial charge < -0.3 is 9.64 Å². The van der Waals surface area contributed by atoms with Gasteiger partial charge in [-0.2, -0.15) is 0 Å². The van der Waals surface area contributed by atoms with Gasteiger partial charge in [-0.3, -0.25) is 4.79 Å². The summed E-state index contributed by atoms with van der Waals surface area (Å²) in [5, 5.41) is 0. The van der Waals surface area contributed by atoms with Gasteiger partial charge in [0.15, 0.2) is 5.78 Å². The predicted octanol–water partition coefficient (Wildman–Crippen LogP) is 5.34. The lowest BCUT2D eigenvalue weighted by Gasteiger charge is -2.26. The minimum Gasteiger partial charge on any atom is -0.380 e. The summed E-state index contributed by atoms with van der Waals surface area (Å²) in [6.45, 7) is 8.42. The number of hydrogen-bond donors (Lipinski definition) is 0. The zero-order valence-electron chi connectivity index (χ0n) is 16.9. The standard InChI is InChI=1S/C25H27NO2/c1-4-28-14-13-26-23-11-9-17(2)15-21(23)22-16-19(10-12-24(22)26)25(27)20-8-6-5-7-18(20)3/h5-12,15,22H,4,13-14,16H2,1-3H3. The number of allylic oxidation sites excluding steroid dienone is 4. The monoisotopic (exact) mass is 373 g/mol. The molecule has 2 aromatic rings. The van der Waals surface area contributed by atoms with Gasteiger partial charge in [-0.05, 0) is 50.5 Å². The van der Waals surface area contributed by atoms with E-state index in [1.54, 1.807) is 0 Å². The summed E-state index contributed by atoms with van der Waals surface area (Å²) in [5.41, 5.74) is 7.84. The van der Waals surface area contributed by atoms with Crippen LogP contribution in [0.4, 0.5) is 5.69 Å². The molecule has 1 atom stereocenters.